The van der Waals surface area contributed by atoms with Crippen LogP contribution in [0.3, 0.4) is 0 Å². The third kappa shape index (κ3) is 3.30. The molecule has 2 N–H and O–H groups in total. The SMILES string of the molecule is C[C@H](O)CNC(=O)c1cc(Cl)ns1. The highest BCUT2D eigenvalue weighted by Crippen LogP contribution is 2.13. The average Bonchev–Trinajstić information content (AvgIpc) is 2.47. The van der Waals surface area contributed by atoms with E-state index in [-0.39, 0.29) is 12.5 Å². The first-order valence-corrected chi connectivity index (χ1v) is 4.83. The van der Waals surface area contributed by atoms with Gasteiger partial charge in [0, 0.05) is 12.6 Å². The maximum absolute atomic E-state index is 11.3. The molecule has 4 nitrogen and oxygen atoms in total. The summed E-state index contributed by atoms with van der Waals surface area (Å²) in [5.41, 5.74) is 0. The van der Waals surface area contributed by atoms with Gasteiger partial charge in [-0.1, -0.05) is 11.6 Å². The van der Waals surface area contributed by atoms with Gasteiger partial charge in [0.1, 0.15) is 10.0 Å². The molecule has 6 heteroatoms. The number of nitrogens with one attached hydrogen (secondary N) is 1. The van der Waals surface area contributed by atoms with Crippen molar-refractivity contribution in [3.63, 3.8) is 0 Å². The van der Waals surface area contributed by atoms with E-state index in [1.54, 1.807) is 6.92 Å². The summed E-state index contributed by atoms with van der Waals surface area (Å²) in [6.45, 7) is 1.83. The number of aliphatic hydroxyl groups excluding tert-OH is 1. The molecular weight excluding hydrogens is 212 g/mol. The number of carbonyl (C=O) groups excluding carboxylic acids is 1. The summed E-state index contributed by atoms with van der Waals surface area (Å²) in [7, 11) is 0. The van der Waals surface area contributed by atoms with Gasteiger partial charge < -0.3 is 10.4 Å². The van der Waals surface area contributed by atoms with Crippen molar-refractivity contribution in [3.8, 4) is 0 Å². The van der Waals surface area contributed by atoms with Crippen molar-refractivity contribution >= 4 is 29.0 Å². The molecule has 0 saturated heterocycles. The van der Waals surface area contributed by atoms with Crippen molar-refractivity contribution in [2.75, 3.05) is 6.54 Å². The van der Waals surface area contributed by atoms with Gasteiger partial charge in [0.25, 0.3) is 5.91 Å². The van der Waals surface area contributed by atoms with E-state index in [1.165, 1.54) is 6.07 Å². The standard InChI is InChI=1S/C7H9ClN2O2S/c1-4(11)3-9-7(12)5-2-6(8)10-13-5/h2,4,11H,3H2,1H3,(H,9,12)/t4-/m0/s1. The Morgan fingerprint density at radius 3 is 3.08 bits per heavy atom. The molecule has 0 bridgehead atoms. The van der Waals surface area contributed by atoms with Crippen LogP contribution >= 0.6 is 23.1 Å². The molecule has 0 fully saturated rings. The van der Waals surface area contributed by atoms with Gasteiger partial charge in [-0.2, -0.15) is 4.37 Å². The number of aromatic nitrogens is 1. The molecule has 0 aromatic carbocycles. The highest BCUT2D eigenvalue weighted by molar-refractivity contribution is 7.08. The molecule has 1 heterocycles. The van der Waals surface area contributed by atoms with Crippen LogP contribution < -0.4 is 5.32 Å². The smallest absolute Gasteiger partial charge is 0.263 e. The number of rotatable bonds is 3. The van der Waals surface area contributed by atoms with Crippen LogP contribution in [0.2, 0.25) is 5.15 Å². The lowest BCUT2D eigenvalue weighted by Crippen LogP contribution is -2.29. The van der Waals surface area contributed by atoms with Crippen LogP contribution in [-0.2, 0) is 0 Å². The molecule has 13 heavy (non-hydrogen) atoms. The third-order valence-electron chi connectivity index (χ3n) is 1.26. The number of hydrogen-bond acceptors (Lipinski definition) is 4. The second-order valence-electron chi connectivity index (χ2n) is 2.57. The fourth-order valence-corrected chi connectivity index (χ4v) is 1.52. The average molecular weight is 221 g/mol. The van der Waals surface area contributed by atoms with Crippen molar-refractivity contribution < 1.29 is 9.90 Å². The lowest BCUT2D eigenvalue weighted by Gasteiger charge is -2.04. The molecule has 1 aromatic rings. The zero-order valence-electron chi connectivity index (χ0n) is 6.95. The molecule has 1 rings (SSSR count). The van der Waals surface area contributed by atoms with Crippen molar-refractivity contribution in [1.29, 1.82) is 0 Å². The zero-order chi connectivity index (χ0) is 9.84. The molecule has 72 valence electrons. The Balaban J connectivity index is 2.49. The van der Waals surface area contributed by atoms with E-state index >= 15 is 0 Å². The number of aliphatic hydroxyl groups is 1. The van der Waals surface area contributed by atoms with Gasteiger partial charge in [0.15, 0.2) is 0 Å². The Morgan fingerprint density at radius 2 is 2.62 bits per heavy atom. The van der Waals surface area contributed by atoms with E-state index < -0.39 is 6.10 Å². The molecule has 1 atom stereocenters. The van der Waals surface area contributed by atoms with Crippen LogP contribution in [0, 0.1) is 0 Å². The number of carbonyl (C=O) groups is 1. The van der Waals surface area contributed by atoms with Crippen molar-refractivity contribution in [2.24, 2.45) is 0 Å². The Morgan fingerprint density at radius 1 is 1.92 bits per heavy atom. The Hall–Kier alpha value is -0.650. The lowest BCUT2D eigenvalue weighted by molar-refractivity contribution is 0.0928. The maximum atomic E-state index is 11.3. The second-order valence-corrected chi connectivity index (χ2v) is 3.77. The maximum Gasteiger partial charge on any atom is 0.263 e. The fraction of sp³-hybridized carbons (Fsp3) is 0.429. The normalized spacial score (nSPS) is 12.5. The van der Waals surface area contributed by atoms with Crippen LogP contribution in [0.4, 0.5) is 0 Å². The predicted octanol–water partition coefficient (Wildman–Crippen LogP) is 0.907. The zero-order valence-corrected chi connectivity index (χ0v) is 8.52. The summed E-state index contributed by atoms with van der Waals surface area (Å²) in [5.74, 6) is -0.259. The molecular formula is C7H9ClN2O2S. The summed E-state index contributed by atoms with van der Waals surface area (Å²) in [6, 6.07) is 1.49. The number of hydrogen-bond donors (Lipinski definition) is 2. The highest BCUT2D eigenvalue weighted by Gasteiger charge is 2.09. The first kappa shape index (κ1) is 10.4. The predicted molar refractivity (Wildman–Crippen MR) is 51.1 cm³/mol. The van der Waals surface area contributed by atoms with Crippen LogP contribution in [0.1, 0.15) is 16.6 Å². The second kappa shape index (κ2) is 4.55. The van der Waals surface area contributed by atoms with E-state index in [2.05, 4.69) is 9.69 Å². The van der Waals surface area contributed by atoms with Gasteiger partial charge in [-0.05, 0) is 18.5 Å². The summed E-state index contributed by atoms with van der Waals surface area (Å²) >= 11 is 6.57. The van der Waals surface area contributed by atoms with Crippen LogP contribution in [0.25, 0.3) is 0 Å². The molecule has 0 radical (unpaired) electrons. The molecule has 0 unspecified atom stereocenters. The number of halogens is 1. The monoisotopic (exact) mass is 220 g/mol. The van der Waals surface area contributed by atoms with E-state index in [0.29, 0.717) is 10.0 Å². The first-order valence-electron chi connectivity index (χ1n) is 3.68. The summed E-state index contributed by atoms with van der Waals surface area (Å²) in [5, 5.41) is 11.7. The van der Waals surface area contributed by atoms with Gasteiger partial charge in [0.05, 0.1) is 6.10 Å². The number of amides is 1. The molecule has 0 aliphatic rings. The van der Waals surface area contributed by atoms with Gasteiger partial charge in [-0.25, -0.2) is 0 Å². The van der Waals surface area contributed by atoms with Crippen LogP contribution in [0.15, 0.2) is 6.07 Å². The topological polar surface area (TPSA) is 62.2 Å². The summed E-state index contributed by atoms with van der Waals surface area (Å²) < 4.78 is 3.75. The Labute approximate surface area is 84.7 Å². The Bertz CT molecular complexity index is 300. The lowest BCUT2D eigenvalue weighted by atomic mass is 10.4. The quantitative estimate of drug-likeness (QED) is 0.796. The molecule has 1 aromatic heterocycles. The van der Waals surface area contributed by atoms with E-state index in [4.69, 9.17) is 16.7 Å². The van der Waals surface area contributed by atoms with Gasteiger partial charge in [0.2, 0.25) is 0 Å². The minimum absolute atomic E-state index is 0.231. The van der Waals surface area contributed by atoms with Crippen LogP contribution in [-0.4, -0.2) is 28.0 Å². The molecule has 1 amide bonds. The first-order chi connectivity index (χ1) is 6.09. The molecule has 0 spiro atoms. The van der Waals surface area contributed by atoms with Crippen LogP contribution in [0.5, 0.6) is 0 Å². The molecule has 0 aliphatic heterocycles. The van der Waals surface area contributed by atoms with E-state index in [9.17, 15) is 4.79 Å². The molecule has 0 saturated carbocycles. The summed E-state index contributed by atoms with van der Waals surface area (Å²) in [6.07, 6.45) is -0.549. The van der Waals surface area contributed by atoms with Crippen molar-refractivity contribution in [3.05, 3.63) is 16.1 Å². The third-order valence-corrected chi connectivity index (χ3v) is 2.34. The van der Waals surface area contributed by atoms with E-state index in [0.717, 1.165) is 11.5 Å². The van der Waals surface area contributed by atoms with Crippen molar-refractivity contribution in [2.45, 2.75) is 13.0 Å². The number of nitrogens with zero attached hydrogens (tertiary/aromatic N) is 1. The largest absolute Gasteiger partial charge is 0.392 e. The van der Waals surface area contributed by atoms with Gasteiger partial charge >= 0.3 is 0 Å². The summed E-state index contributed by atoms with van der Waals surface area (Å²) in [4.78, 5) is 11.7. The Kier molecular flexibility index (Phi) is 3.65. The molecule has 0 aliphatic carbocycles. The van der Waals surface area contributed by atoms with Crippen molar-refractivity contribution in [1.82, 2.24) is 9.69 Å². The van der Waals surface area contributed by atoms with E-state index in [1.807, 2.05) is 0 Å². The fourth-order valence-electron chi connectivity index (χ4n) is 0.688. The highest BCUT2D eigenvalue weighted by atomic mass is 35.5. The minimum Gasteiger partial charge on any atom is -0.392 e. The van der Waals surface area contributed by atoms with Gasteiger partial charge in [-0.15, -0.1) is 0 Å². The van der Waals surface area contributed by atoms with Gasteiger partial charge in [-0.3, -0.25) is 4.79 Å². The minimum atomic E-state index is -0.549.